The molecule has 1 aliphatic carbocycles. The molecule has 0 spiro atoms. The fourth-order valence-electron chi connectivity index (χ4n) is 4.85. The lowest BCUT2D eigenvalue weighted by molar-refractivity contribution is 0.0714. The lowest BCUT2D eigenvalue weighted by Crippen LogP contribution is -2.45. The van der Waals surface area contributed by atoms with Gasteiger partial charge in [0.25, 0.3) is 5.91 Å². The smallest absolute Gasteiger partial charge is 0.254 e. The molecule has 2 N–H and O–H groups in total. The second kappa shape index (κ2) is 8.98. The molecule has 7 heteroatoms. The molecule has 1 amide bonds. The summed E-state index contributed by atoms with van der Waals surface area (Å²) in [4.78, 5) is 13.0. The first-order valence-corrected chi connectivity index (χ1v) is 11.5. The van der Waals surface area contributed by atoms with Gasteiger partial charge in [0.15, 0.2) is 0 Å². The van der Waals surface area contributed by atoms with E-state index in [9.17, 15) is 9.90 Å². The maximum atomic E-state index is 15.2. The van der Waals surface area contributed by atoms with Crippen LogP contribution in [0, 0.1) is 5.82 Å². The van der Waals surface area contributed by atoms with Crippen LogP contribution in [0.2, 0.25) is 0 Å². The molecule has 6 nitrogen and oxygen atoms in total. The van der Waals surface area contributed by atoms with E-state index in [-0.39, 0.29) is 11.6 Å². The Kier molecular flexibility index (Phi) is 5.89. The van der Waals surface area contributed by atoms with E-state index in [2.05, 4.69) is 10.4 Å². The lowest BCUT2D eigenvalue weighted by atomic mass is 9.92. The molecule has 0 unspecified atom stereocenters. The molecule has 1 saturated carbocycles. The minimum absolute atomic E-state index is 0.0269. The zero-order valence-electron chi connectivity index (χ0n) is 18.7. The van der Waals surface area contributed by atoms with Gasteiger partial charge in [-0.25, -0.2) is 4.39 Å². The molecular formula is C26H28FN3O3. The maximum Gasteiger partial charge on any atom is 0.254 e. The maximum absolute atomic E-state index is 15.2. The van der Waals surface area contributed by atoms with Gasteiger partial charge >= 0.3 is 0 Å². The minimum Gasteiger partial charge on any atom is -0.493 e. The number of nitrogens with one attached hydrogen (secondary N) is 1. The standard InChI is InChI=1S/C26H28FN3O3/c1-30-15-19(14-28-30)17-8-6-16(7-9-17)12-18-13-21(24(27)20-10-11-33-25(18)20)26(32)29-22-4-2-3-5-23(22)31/h6-9,13-15,22-23,31H,2-5,10-12H2,1H3,(H,29,32)/t22-,23-/m0/s1. The molecule has 2 atom stereocenters. The van der Waals surface area contributed by atoms with Gasteiger partial charge in [0, 0.05) is 37.2 Å². The largest absolute Gasteiger partial charge is 0.493 e. The fourth-order valence-corrected chi connectivity index (χ4v) is 4.85. The van der Waals surface area contributed by atoms with Crippen LogP contribution in [-0.2, 0) is 19.9 Å². The molecular weight excluding hydrogens is 421 g/mol. The van der Waals surface area contributed by atoms with Crippen molar-refractivity contribution in [1.29, 1.82) is 0 Å². The first-order chi connectivity index (χ1) is 16.0. The lowest BCUT2D eigenvalue weighted by Gasteiger charge is -2.28. The summed E-state index contributed by atoms with van der Waals surface area (Å²) in [6, 6.07) is 9.41. The molecule has 172 valence electrons. The van der Waals surface area contributed by atoms with Crippen LogP contribution >= 0.6 is 0 Å². The van der Waals surface area contributed by atoms with Gasteiger partial charge in [-0.15, -0.1) is 0 Å². The van der Waals surface area contributed by atoms with Crippen molar-refractivity contribution in [3.8, 4) is 16.9 Å². The van der Waals surface area contributed by atoms with Crippen LogP contribution in [0.25, 0.3) is 11.1 Å². The van der Waals surface area contributed by atoms with Crippen LogP contribution in [-0.4, -0.2) is 39.5 Å². The zero-order chi connectivity index (χ0) is 22.9. The van der Waals surface area contributed by atoms with Crippen LogP contribution < -0.4 is 10.1 Å². The topological polar surface area (TPSA) is 76.4 Å². The van der Waals surface area contributed by atoms with Gasteiger partial charge in [-0.2, -0.15) is 5.10 Å². The van der Waals surface area contributed by atoms with E-state index < -0.39 is 17.8 Å². The highest BCUT2D eigenvalue weighted by atomic mass is 19.1. The van der Waals surface area contributed by atoms with Gasteiger partial charge in [-0.3, -0.25) is 9.48 Å². The number of hydrogen-bond donors (Lipinski definition) is 2. The summed E-state index contributed by atoms with van der Waals surface area (Å²) in [5.74, 6) is -0.430. The molecule has 2 aromatic carbocycles. The summed E-state index contributed by atoms with van der Waals surface area (Å²) >= 11 is 0. The predicted octanol–water partition coefficient (Wildman–Crippen LogP) is 3.79. The van der Waals surface area contributed by atoms with Crippen molar-refractivity contribution in [2.24, 2.45) is 7.05 Å². The first-order valence-electron chi connectivity index (χ1n) is 11.5. The summed E-state index contributed by atoms with van der Waals surface area (Å²) in [6.07, 6.45) is 7.44. The van der Waals surface area contributed by atoms with Crippen molar-refractivity contribution in [3.63, 3.8) is 0 Å². The number of carbonyl (C=O) groups is 1. The summed E-state index contributed by atoms with van der Waals surface area (Å²) in [6.45, 7) is 0.408. The number of aliphatic hydroxyl groups excluding tert-OH is 1. The van der Waals surface area contributed by atoms with Gasteiger partial charge in [-0.05, 0) is 35.6 Å². The van der Waals surface area contributed by atoms with E-state index in [4.69, 9.17) is 4.74 Å². The third kappa shape index (κ3) is 4.37. The van der Waals surface area contributed by atoms with E-state index in [1.807, 2.05) is 43.7 Å². The molecule has 1 aliphatic heterocycles. The Morgan fingerprint density at radius 2 is 2.03 bits per heavy atom. The summed E-state index contributed by atoms with van der Waals surface area (Å²) in [5.41, 5.74) is 4.44. The van der Waals surface area contributed by atoms with Gasteiger partial charge in [0.05, 0.1) is 30.5 Å². The Morgan fingerprint density at radius 3 is 2.76 bits per heavy atom. The molecule has 5 rings (SSSR count). The highest BCUT2D eigenvalue weighted by molar-refractivity contribution is 5.95. The van der Waals surface area contributed by atoms with Crippen LogP contribution in [0.1, 0.15) is 52.7 Å². The normalized spacial score (nSPS) is 19.7. The molecule has 3 aromatic rings. The molecule has 2 heterocycles. The van der Waals surface area contributed by atoms with E-state index in [1.54, 1.807) is 10.7 Å². The molecule has 1 fully saturated rings. The number of amides is 1. The quantitative estimate of drug-likeness (QED) is 0.622. The number of rotatable bonds is 5. The van der Waals surface area contributed by atoms with Gasteiger partial charge in [-0.1, -0.05) is 37.1 Å². The third-order valence-electron chi connectivity index (χ3n) is 6.66. The minimum atomic E-state index is -0.582. The average Bonchev–Trinajstić information content (AvgIpc) is 3.47. The van der Waals surface area contributed by atoms with Crippen molar-refractivity contribution in [2.75, 3.05) is 6.61 Å². The number of aliphatic hydroxyl groups is 1. The molecule has 33 heavy (non-hydrogen) atoms. The molecule has 0 saturated heterocycles. The first kappa shape index (κ1) is 21.6. The molecule has 0 bridgehead atoms. The SMILES string of the molecule is Cn1cc(-c2ccc(Cc3cc(C(=O)N[C@H]4CCCC[C@@H]4O)c(F)c4c3OCC4)cc2)cn1. The number of nitrogens with zero attached hydrogens (tertiary/aromatic N) is 2. The fraction of sp³-hybridized carbons (Fsp3) is 0.385. The van der Waals surface area contributed by atoms with Gasteiger partial charge in [0.2, 0.25) is 0 Å². The van der Waals surface area contributed by atoms with Crippen molar-refractivity contribution in [1.82, 2.24) is 15.1 Å². The Bertz CT molecular complexity index is 1170. The van der Waals surface area contributed by atoms with Crippen molar-refractivity contribution < 1.29 is 19.0 Å². The number of aryl methyl sites for hydroxylation is 1. The summed E-state index contributed by atoms with van der Waals surface area (Å²) in [5, 5.41) is 17.3. The van der Waals surface area contributed by atoms with E-state index in [0.29, 0.717) is 43.6 Å². The second-order valence-corrected chi connectivity index (χ2v) is 9.01. The van der Waals surface area contributed by atoms with Gasteiger partial charge < -0.3 is 15.2 Å². The number of fused-ring (bicyclic) bond motifs is 1. The number of hydrogen-bond acceptors (Lipinski definition) is 4. The highest BCUT2D eigenvalue weighted by Gasteiger charge is 2.29. The van der Waals surface area contributed by atoms with Crippen molar-refractivity contribution in [2.45, 2.75) is 50.7 Å². The Morgan fingerprint density at radius 1 is 1.24 bits per heavy atom. The monoisotopic (exact) mass is 449 g/mol. The number of carbonyl (C=O) groups excluding carboxylic acids is 1. The molecule has 1 aromatic heterocycles. The van der Waals surface area contributed by atoms with Crippen LogP contribution in [0.3, 0.4) is 0 Å². The summed E-state index contributed by atoms with van der Waals surface area (Å²) < 4.78 is 22.7. The highest BCUT2D eigenvalue weighted by Crippen LogP contribution is 2.36. The van der Waals surface area contributed by atoms with Gasteiger partial charge in [0.1, 0.15) is 11.6 Å². The van der Waals surface area contributed by atoms with Crippen molar-refractivity contribution >= 4 is 5.91 Å². The Hall–Kier alpha value is -3.19. The Balaban J connectivity index is 1.40. The van der Waals surface area contributed by atoms with Crippen LogP contribution in [0.15, 0.2) is 42.7 Å². The number of ether oxygens (including phenoxy) is 1. The second-order valence-electron chi connectivity index (χ2n) is 9.01. The number of halogens is 1. The third-order valence-corrected chi connectivity index (χ3v) is 6.66. The van der Waals surface area contributed by atoms with Crippen LogP contribution in [0.5, 0.6) is 5.75 Å². The average molecular weight is 450 g/mol. The van der Waals surface area contributed by atoms with Crippen molar-refractivity contribution in [3.05, 3.63) is 70.8 Å². The molecule has 0 radical (unpaired) electrons. The predicted molar refractivity (Wildman–Crippen MR) is 123 cm³/mol. The zero-order valence-corrected chi connectivity index (χ0v) is 18.7. The van der Waals surface area contributed by atoms with E-state index in [1.165, 1.54) is 0 Å². The van der Waals surface area contributed by atoms with E-state index in [0.717, 1.165) is 35.1 Å². The van der Waals surface area contributed by atoms with E-state index >= 15 is 4.39 Å². The Labute approximate surface area is 192 Å². The number of benzene rings is 2. The molecule has 2 aliphatic rings. The summed E-state index contributed by atoms with van der Waals surface area (Å²) in [7, 11) is 1.88. The number of aromatic nitrogens is 2. The van der Waals surface area contributed by atoms with Crippen LogP contribution in [0.4, 0.5) is 4.39 Å².